The lowest BCUT2D eigenvalue weighted by molar-refractivity contribution is -0.116. The Bertz CT molecular complexity index is 732. The minimum atomic E-state index is 0.0249. The summed E-state index contributed by atoms with van der Waals surface area (Å²) in [5.74, 6) is 0.882. The number of aryl methyl sites for hydroxylation is 2. The third-order valence-corrected chi connectivity index (χ3v) is 5.13. The average molecular weight is 354 g/mol. The summed E-state index contributed by atoms with van der Waals surface area (Å²) in [5, 5.41) is 2.94. The van der Waals surface area contributed by atoms with Crippen LogP contribution in [0, 0.1) is 13.8 Å². The summed E-state index contributed by atoms with van der Waals surface area (Å²) in [5.41, 5.74) is 4.77. The van der Waals surface area contributed by atoms with Gasteiger partial charge < -0.3 is 10.1 Å². The van der Waals surface area contributed by atoms with E-state index in [2.05, 4.69) is 45.1 Å². The molecule has 3 heteroatoms. The van der Waals surface area contributed by atoms with Crippen molar-refractivity contribution in [2.24, 2.45) is 0 Å². The molecule has 0 saturated heterocycles. The highest BCUT2D eigenvalue weighted by Gasteiger charge is 2.17. The van der Waals surface area contributed by atoms with Crippen LogP contribution in [0.2, 0.25) is 0 Å². The van der Waals surface area contributed by atoms with Gasteiger partial charge in [0.1, 0.15) is 5.75 Å². The highest BCUT2D eigenvalue weighted by molar-refractivity contribution is 5.90. The average Bonchev–Trinajstić information content (AvgIpc) is 2.62. The van der Waals surface area contributed by atoms with Gasteiger partial charge in [-0.25, -0.2) is 0 Å². The summed E-state index contributed by atoms with van der Waals surface area (Å²) in [6.45, 7) is 11.3. The van der Waals surface area contributed by atoms with E-state index in [-0.39, 0.29) is 11.3 Å². The SMILES string of the molecule is CCC(C)(C)c1ccc(OCCCC(=O)Nc2ccc(C)c(C)c2)cc1. The van der Waals surface area contributed by atoms with Gasteiger partial charge in [0.25, 0.3) is 0 Å². The van der Waals surface area contributed by atoms with Crippen LogP contribution in [-0.2, 0) is 10.2 Å². The minimum Gasteiger partial charge on any atom is -0.494 e. The van der Waals surface area contributed by atoms with Crippen LogP contribution >= 0.6 is 0 Å². The molecule has 0 aliphatic rings. The molecule has 26 heavy (non-hydrogen) atoms. The van der Waals surface area contributed by atoms with Crippen molar-refractivity contribution in [1.29, 1.82) is 0 Å². The van der Waals surface area contributed by atoms with Crippen molar-refractivity contribution < 1.29 is 9.53 Å². The monoisotopic (exact) mass is 353 g/mol. The van der Waals surface area contributed by atoms with Gasteiger partial charge in [-0.15, -0.1) is 0 Å². The Morgan fingerprint density at radius 1 is 1.04 bits per heavy atom. The second-order valence-electron chi connectivity index (χ2n) is 7.56. The Hall–Kier alpha value is -2.29. The van der Waals surface area contributed by atoms with E-state index in [1.807, 2.05) is 37.3 Å². The first-order valence-electron chi connectivity index (χ1n) is 9.42. The minimum absolute atomic E-state index is 0.0249. The number of carbonyl (C=O) groups is 1. The zero-order valence-electron chi connectivity index (χ0n) is 16.7. The molecule has 0 spiro atoms. The normalized spacial score (nSPS) is 11.3. The number of anilines is 1. The first kappa shape index (κ1) is 20.0. The summed E-state index contributed by atoms with van der Waals surface area (Å²) in [6, 6.07) is 14.3. The number of amides is 1. The number of nitrogens with one attached hydrogen (secondary N) is 1. The molecule has 2 rings (SSSR count). The van der Waals surface area contributed by atoms with Crippen molar-refractivity contribution in [2.75, 3.05) is 11.9 Å². The first-order valence-corrected chi connectivity index (χ1v) is 9.42. The van der Waals surface area contributed by atoms with Crippen LogP contribution in [0.4, 0.5) is 5.69 Å². The van der Waals surface area contributed by atoms with Crippen molar-refractivity contribution in [1.82, 2.24) is 0 Å². The Balaban J connectivity index is 1.74. The summed E-state index contributed by atoms with van der Waals surface area (Å²) in [7, 11) is 0. The lowest BCUT2D eigenvalue weighted by Crippen LogP contribution is -2.15. The lowest BCUT2D eigenvalue weighted by Gasteiger charge is -2.23. The molecule has 0 fully saturated rings. The van der Waals surface area contributed by atoms with Gasteiger partial charge >= 0.3 is 0 Å². The Morgan fingerprint density at radius 3 is 2.35 bits per heavy atom. The molecule has 140 valence electrons. The molecule has 0 unspecified atom stereocenters. The van der Waals surface area contributed by atoms with Crippen LogP contribution in [0.1, 0.15) is 56.7 Å². The van der Waals surface area contributed by atoms with E-state index in [1.54, 1.807) is 0 Å². The highest BCUT2D eigenvalue weighted by atomic mass is 16.5. The highest BCUT2D eigenvalue weighted by Crippen LogP contribution is 2.28. The molecule has 0 saturated carbocycles. The number of hydrogen-bond donors (Lipinski definition) is 1. The van der Waals surface area contributed by atoms with Gasteiger partial charge in [-0.05, 0) is 73.1 Å². The number of carbonyl (C=O) groups excluding carboxylic acids is 1. The Kier molecular flexibility index (Phi) is 6.84. The molecule has 1 amide bonds. The quantitative estimate of drug-likeness (QED) is 0.610. The van der Waals surface area contributed by atoms with Gasteiger partial charge in [0.15, 0.2) is 0 Å². The molecule has 0 heterocycles. The fourth-order valence-electron chi connectivity index (χ4n) is 2.67. The predicted octanol–water partition coefficient (Wildman–Crippen LogP) is 5.79. The lowest BCUT2D eigenvalue weighted by atomic mass is 9.82. The molecule has 0 aromatic heterocycles. The van der Waals surface area contributed by atoms with Crippen molar-refractivity contribution in [3.05, 3.63) is 59.2 Å². The predicted molar refractivity (Wildman–Crippen MR) is 109 cm³/mol. The molecule has 2 aromatic carbocycles. The molecule has 1 N–H and O–H groups in total. The number of rotatable bonds is 8. The molecule has 2 aromatic rings. The largest absolute Gasteiger partial charge is 0.494 e. The summed E-state index contributed by atoms with van der Waals surface area (Å²) < 4.78 is 5.76. The number of benzene rings is 2. The maximum absolute atomic E-state index is 12.0. The van der Waals surface area contributed by atoms with Gasteiger partial charge in [-0.3, -0.25) is 4.79 Å². The smallest absolute Gasteiger partial charge is 0.224 e. The molecule has 0 aliphatic carbocycles. The maximum atomic E-state index is 12.0. The van der Waals surface area contributed by atoms with Crippen LogP contribution < -0.4 is 10.1 Å². The van der Waals surface area contributed by atoms with Gasteiger partial charge in [0, 0.05) is 12.1 Å². The fourth-order valence-corrected chi connectivity index (χ4v) is 2.67. The van der Waals surface area contributed by atoms with E-state index in [1.165, 1.54) is 16.7 Å². The van der Waals surface area contributed by atoms with E-state index >= 15 is 0 Å². The molecule has 0 aliphatic heterocycles. The van der Waals surface area contributed by atoms with Gasteiger partial charge in [-0.2, -0.15) is 0 Å². The molecule has 0 atom stereocenters. The molecule has 0 bridgehead atoms. The first-order chi connectivity index (χ1) is 12.3. The second kappa shape index (κ2) is 8.88. The fraction of sp³-hybridized carbons (Fsp3) is 0.435. The molecular weight excluding hydrogens is 322 g/mol. The van der Waals surface area contributed by atoms with E-state index in [0.717, 1.165) is 17.9 Å². The third-order valence-electron chi connectivity index (χ3n) is 5.13. The van der Waals surface area contributed by atoms with Crippen molar-refractivity contribution >= 4 is 11.6 Å². The summed E-state index contributed by atoms with van der Waals surface area (Å²) in [6.07, 6.45) is 2.25. The van der Waals surface area contributed by atoms with Crippen LogP contribution in [-0.4, -0.2) is 12.5 Å². The zero-order valence-corrected chi connectivity index (χ0v) is 16.7. The topological polar surface area (TPSA) is 38.3 Å². The van der Waals surface area contributed by atoms with Crippen molar-refractivity contribution in [2.45, 2.75) is 59.3 Å². The molecule has 3 nitrogen and oxygen atoms in total. The second-order valence-corrected chi connectivity index (χ2v) is 7.56. The van der Waals surface area contributed by atoms with Crippen molar-refractivity contribution in [3.8, 4) is 5.75 Å². The third kappa shape index (κ3) is 5.62. The van der Waals surface area contributed by atoms with Crippen LogP contribution in [0.15, 0.2) is 42.5 Å². The zero-order chi connectivity index (χ0) is 19.2. The number of hydrogen-bond acceptors (Lipinski definition) is 2. The van der Waals surface area contributed by atoms with E-state index < -0.39 is 0 Å². The van der Waals surface area contributed by atoms with Crippen LogP contribution in [0.3, 0.4) is 0 Å². The van der Waals surface area contributed by atoms with E-state index in [0.29, 0.717) is 19.4 Å². The number of ether oxygens (including phenoxy) is 1. The summed E-state index contributed by atoms with van der Waals surface area (Å²) >= 11 is 0. The maximum Gasteiger partial charge on any atom is 0.224 e. The molecular formula is C23H31NO2. The Labute approximate surface area is 157 Å². The standard InChI is InChI=1S/C23H31NO2/c1-6-23(4,5)19-10-13-21(14-11-19)26-15-7-8-22(25)24-20-12-9-17(2)18(3)16-20/h9-14,16H,6-8,15H2,1-5H3,(H,24,25). The van der Waals surface area contributed by atoms with Crippen LogP contribution in [0.5, 0.6) is 5.75 Å². The van der Waals surface area contributed by atoms with Crippen LogP contribution in [0.25, 0.3) is 0 Å². The van der Waals surface area contributed by atoms with Crippen molar-refractivity contribution in [3.63, 3.8) is 0 Å². The van der Waals surface area contributed by atoms with Gasteiger partial charge in [0.05, 0.1) is 6.61 Å². The van der Waals surface area contributed by atoms with Gasteiger partial charge in [-0.1, -0.05) is 39.0 Å². The van der Waals surface area contributed by atoms with Gasteiger partial charge in [0.2, 0.25) is 5.91 Å². The molecule has 0 radical (unpaired) electrons. The summed E-state index contributed by atoms with van der Waals surface area (Å²) in [4.78, 5) is 12.0. The van der Waals surface area contributed by atoms with E-state index in [4.69, 9.17) is 4.74 Å². The van der Waals surface area contributed by atoms with E-state index in [9.17, 15) is 4.79 Å². The Morgan fingerprint density at radius 2 is 1.73 bits per heavy atom.